The lowest BCUT2D eigenvalue weighted by atomic mass is 9.84. The summed E-state index contributed by atoms with van der Waals surface area (Å²) in [6.07, 6.45) is 12.8. The van der Waals surface area contributed by atoms with E-state index in [0.717, 1.165) is 81.6 Å². The van der Waals surface area contributed by atoms with E-state index in [4.69, 9.17) is 9.72 Å². The van der Waals surface area contributed by atoms with Crippen LogP contribution in [0.3, 0.4) is 0 Å². The number of hydrogen-bond donors (Lipinski definition) is 0. The van der Waals surface area contributed by atoms with Gasteiger partial charge in [-0.1, -0.05) is 0 Å². The van der Waals surface area contributed by atoms with Gasteiger partial charge in [0.05, 0.1) is 12.3 Å². The van der Waals surface area contributed by atoms with Crippen LogP contribution in [0.2, 0.25) is 0 Å². The first-order valence-corrected chi connectivity index (χ1v) is 11.0. The van der Waals surface area contributed by atoms with Gasteiger partial charge in [0.1, 0.15) is 11.4 Å². The van der Waals surface area contributed by atoms with Crippen molar-refractivity contribution in [3.63, 3.8) is 0 Å². The molecular weight excluding hydrogens is 364 g/mol. The lowest BCUT2D eigenvalue weighted by Gasteiger charge is -2.45. The molecule has 5 rings (SSSR count). The van der Waals surface area contributed by atoms with Gasteiger partial charge in [-0.3, -0.25) is 4.90 Å². The molecule has 3 aliphatic heterocycles. The largest absolute Gasteiger partial charge is 0.367 e. The lowest BCUT2D eigenvalue weighted by Crippen LogP contribution is -2.50. The van der Waals surface area contributed by atoms with Crippen LogP contribution in [0.5, 0.6) is 0 Å². The molecule has 0 N–H and O–H groups in total. The highest BCUT2D eigenvalue weighted by Gasteiger charge is 2.43. The van der Waals surface area contributed by atoms with Gasteiger partial charge in [0, 0.05) is 50.3 Å². The number of anilines is 1. The highest BCUT2D eigenvalue weighted by atomic mass is 16.5. The van der Waals surface area contributed by atoms with E-state index < -0.39 is 0 Å². The van der Waals surface area contributed by atoms with E-state index in [1.807, 2.05) is 25.5 Å². The summed E-state index contributed by atoms with van der Waals surface area (Å²) in [6.45, 7) is 7.65. The van der Waals surface area contributed by atoms with E-state index >= 15 is 0 Å². The van der Waals surface area contributed by atoms with Crippen molar-refractivity contribution in [2.24, 2.45) is 0 Å². The number of ether oxygens (including phenoxy) is 1. The Morgan fingerprint density at radius 1 is 1.00 bits per heavy atom. The minimum Gasteiger partial charge on any atom is -0.367 e. The molecule has 0 saturated carbocycles. The standard InChI is InChI=1S/C22H30N6O/c1-17-23-14-19-6-11-29-22(20(19)26-17)7-5-8-27(16-22)15-18-12-24-21(25-13-18)28-9-3-2-4-10-28/h12-14H,2-11,15-16H2,1H3. The molecule has 3 aliphatic rings. The number of likely N-dealkylation sites (tertiary alicyclic amines) is 1. The van der Waals surface area contributed by atoms with Crippen LogP contribution in [0.4, 0.5) is 5.95 Å². The molecule has 0 radical (unpaired) electrons. The third-order valence-electron chi connectivity index (χ3n) is 6.44. The molecule has 7 heteroatoms. The van der Waals surface area contributed by atoms with Crippen molar-refractivity contribution in [1.82, 2.24) is 24.8 Å². The quantitative estimate of drug-likeness (QED) is 0.793. The summed E-state index contributed by atoms with van der Waals surface area (Å²) in [5.41, 5.74) is 3.22. The Hall–Kier alpha value is -2.12. The lowest BCUT2D eigenvalue weighted by molar-refractivity contribution is -0.109. The predicted octanol–water partition coefficient (Wildman–Crippen LogP) is 2.63. The van der Waals surface area contributed by atoms with Gasteiger partial charge in [0.2, 0.25) is 5.95 Å². The minimum absolute atomic E-state index is 0.297. The number of fused-ring (bicyclic) bond motifs is 2. The zero-order valence-corrected chi connectivity index (χ0v) is 17.3. The number of aromatic nitrogens is 4. The molecule has 2 saturated heterocycles. The van der Waals surface area contributed by atoms with Gasteiger partial charge in [-0.2, -0.15) is 0 Å². The fourth-order valence-electron chi connectivity index (χ4n) is 5.00. The first-order chi connectivity index (χ1) is 14.2. The fourth-order valence-corrected chi connectivity index (χ4v) is 5.00. The van der Waals surface area contributed by atoms with Crippen molar-refractivity contribution < 1.29 is 4.74 Å². The molecule has 2 aromatic rings. The fraction of sp³-hybridized carbons (Fsp3) is 0.636. The van der Waals surface area contributed by atoms with Gasteiger partial charge in [0.15, 0.2) is 0 Å². The zero-order valence-electron chi connectivity index (χ0n) is 17.3. The van der Waals surface area contributed by atoms with Crippen LogP contribution in [0.25, 0.3) is 0 Å². The van der Waals surface area contributed by atoms with Crippen molar-refractivity contribution in [3.05, 3.63) is 41.2 Å². The molecule has 2 aromatic heterocycles. The summed E-state index contributed by atoms with van der Waals surface area (Å²) >= 11 is 0. The number of nitrogens with zero attached hydrogens (tertiary/aromatic N) is 6. The van der Waals surface area contributed by atoms with Gasteiger partial charge >= 0.3 is 0 Å². The second-order valence-electron chi connectivity index (χ2n) is 8.64. The average molecular weight is 395 g/mol. The van der Waals surface area contributed by atoms with Crippen molar-refractivity contribution in [2.45, 2.75) is 57.6 Å². The number of aryl methyl sites for hydroxylation is 1. The summed E-state index contributed by atoms with van der Waals surface area (Å²) in [5.74, 6) is 1.70. The van der Waals surface area contributed by atoms with E-state index in [1.165, 1.54) is 24.8 Å². The average Bonchev–Trinajstić information content (AvgIpc) is 2.76. The Balaban J connectivity index is 1.30. The summed E-state index contributed by atoms with van der Waals surface area (Å²) in [6, 6.07) is 0. The van der Waals surface area contributed by atoms with E-state index in [-0.39, 0.29) is 5.60 Å². The van der Waals surface area contributed by atoms with Gasteiger partial charge < -0.3 is 9.64 Å². The van der Waals surface area contributed by atoms with Crippen LogP contribution in [0, 0.1) is 6.92 Å². The second-order valence-corrected chi connectivity index (χ2v) is 8.64. The predicted molar refractivity (Wildman–Crippen MR) is 111 cm³/mol. The summed E-state index contributed by atoms with van der Waals surface area (Å²) in [4.78, 5) is 23.3. The molecular formula is C22H30N6O. The Morgan fingerprint density at radius 3 is 2.66 bits per heavy atom. The van der Waals surface area contributed by atoms with Gasteiger partial charge in [-0.05, 0) is 57.6 Å². The first kappa shape index (κ1) is 18.9. The molecule has 1 unspecified atom stereocenters. The first-order valence-electron chi connectivity index (χ1n) is 11.0. The summed E-state index contributed by atoms with van der Waals surface area (Å²) < 4.78 is 6.38. The van der Waals surface area contributed by atoms with E-state index in [2.05, 4.69) is 24.8 Å². The zero-order chi connectivity index (χ0) is 19.7. The Kier molecular flexibility index (Phi) is 5.18. The molecule has 0 amide bonds. The number of piperidine rings is 2. The van der Waals surface area contributed by atoms with Crippen LogP contribution in [-0.4, -0.2) is 57.6 Å². The molecule has 29 heavy (non-hydrogen) atoms. The second kappa shape index (κ2) is 7.95. The monoisotopic (exact) mass is 394 g/mol. The van der Waals surface area contributed by atoms with Crippen molar-refractivity contribution in [2.75, 3.05) is 37.7 Å². The van der Waals surface area contributed by atoms with Crippen LogP contribution in [-0.2, 0) is 23.3 Å². The van der Waals surface area contributed by atoms with Gasteiger partial charge in [-0.15, -0.1) is 0 Å². The molecule has 1 spiro atoms. The third-order valence-corrected chi connectivity index (χ3v) is 6.44. The van der Waals surface area contributed by atoms with Crippen molar-refractivity contribution in [3.8, 4) is 0 Å². The maximum absolute atomic E-state index is 6.38. The van der Waals surface area contributed by atoms with Gasteiger partial charge in [0.25, 0.3) is 0 Å². The van der Waals surface area contributed by atoms with Crippen LogP contribution >= 0.6 is 0 Å². The van der Waals surface area contributed by atoms with Gasteiger partial charge in [-0.25, -0.2) is 19.9 Å². The van der Waals surface area contributed by atoms with E-state index in [1.54, 1.807) is 0 Å². The molecule has 2 fully saturated rings. The Morgan fingerprint density at radius 2 is 1.83 bits per heavy atom. The molecule has 154 valence electrons. The molecule has 5 heterocycles. The van der Waals surface area contributed by atoms with Crippen LogP contribution in [0.15, 0.2) is 18.6 Å². The smallest absolute Gasteiger partial charge is 0.225 e. The minimum atomic E-state index is -0.297. The topological polar surface area (TPSA) is 67.3 Å². The molecule has 7 nitrogen and oxygen atoms in total. The molecule has 0 bridgehead atoms. The Bertz CT molecular complexity index is 851. The van der Waals surface area contributed by atoms with Crippen LogP contribution < -0.4 is 4.90 Å². The third kappa shape index (κ3) is 3.85. The van der Waals surface area contributed by atoms with E-state index in [9.17, 15) is 0 Å². The number of rotatable bonds is 3. The highest BCUT2D eigenvalue weighted by Crippen LogP contribution is 2.39. The van der Waals surface area contributed by atoms with Crippen molar-refractivity contribution >= 4 is 5.95 Å². The summed E-state index contributed by atoms with van der Waals surface area (Å²) in [7, 11) is 0. The maximum Gasteiger partial charge on any atom is 0.225 e. The normalized spacial score (nSPS) is 25.2. The molecule has 1 atom stereocenters. The Labute approximate surface area is 172 Å². The summed E-state index contributed by atoms with van der Waals surface area (Å²) in [5, 5.41) is 0. The SMILES string of the molecule is Cc1ncc2c(n1)C1(CCCN(Cc3cnc(N4CCCCC4)nc3)C1)OCC2. The highest BCUT2D eigenvalue weighted by molar-refractivity contribution is 5.31. The molecule has 0 aliphatic carbocycles. The van der Waals surface area contributed by atoms with Crippen LogP contribution in [0.1, 0.15) is 54.7 Å². The number of hydrogen-bond acceptors (Lipinski definition) is 7. The molecule has 0 aromatic carbocycles. The maximum atomic E-state index is 6.38. The van der Waals surface area contributed by atoms with E-state index in [0.29, 0.717) is 0 Å². The van der Waals surface area contributed by atoms with Crippen molar-refractivity contribution in [1.29, 1.82) is 0 Å².